The van der Waals surface area contributed by atoms with E-state index in [9.17, 15) is 4.39 Å². The first-order chi connectivity index (χ1) is 11.2. The number of aliphatic imine (C=N–C) groups is 1. The Kier molecular flexibility index (Phi) is 3.42. The van der Waals surface area contributed by atoms with Gasteiger partial charge < -0.3 is 4.74 Å². The summed E-state index contributed by atoms with van der Waals surface area (Å²) in [5.41, 5.74) is 3.80. The van der Waals surface area contributed by atoms with Gasteiger partial charge in [0.1, 0.15) is 11.6 Å². The molecular weight excluding hydrogens is 311 g/mol. The van der Waals surface area contributed by atoms with Crippen LogP contribution in [0.3, 0.4) is 0 Å². The van der Waals surface area contributed by atoms with Crippen LogP contribution < -0.4 is 4.74 Å². The molecule has 1 aliphatic carbocycles. The molecule has 1 aromatic heterocycles. The molecule has 0 atom stereocenters. The van der Waals surface area contributed by atoms with Gasteiger partial charge >= 0.3 is 0 Å². The van der Waals surface area contributed by atoms with Crippen molar-refractivity contribution in [1.82, 2.24) is 4.98 Å². The molecule has 1 aliphatic rings. The number of aromatic nitrogens is 1. The second-order valence-electron chi connectivity index (χ2n) is 5.25. The minimum atomic E-state index is -0.280. The molecule has 4 rings (SSSR count). The molecule has 5 heteroatoms. The minimum absolute atomic E-state index is 0.280. The fraction of sp³-hybridized carbons (Fsp3) is 0.111. The third kappa shape index (κ3) is 2.53. The van der Waals surface area contributed by atoms with Gasteiger partial charge in [0.25, 0.3) is 0 Å². The van der Waals surface area contributed by atoms with Crippen molar-refractivity contribution in [2.45, 2.75) is 6.42 Å². The van der Waals surface area contributed by atoms with Crippen LogP contribution in [0.1, 0.15) is 16.0 Å². The predicted molar refractivity (Wildman–Crippen MR) is 90.6 cm³/mol. The largest absolute Gasteiger partial charge is 0.497 e. The molecular formula is C18H13FN2OS. The highest BCUT2D eigenvalue weighted by molar-refractivity contribution is 7.15. The van der Waals surface area contributed by atoms with Crippen LogP contribution in [-0.4, -0.2) is 18.3 Å². The fourth-order valence-corrected chi connectivity index (χ4v) is 3.62. The molecule has 0 bridgehead atoms. The third-order valence-electron chi connectivity index (χ3n) is 3.82. The van der Waals surface area contributed by atoms with E-state index in [0.717, 1.165) is 23.4 Å². The van der Waals surface area contributed by atoms with Gasteiger partial charge in [0.15, 0.2) is 0 Å². The first-order valence-corrected chi connectivity index (χ1v) is 8.02. The van der Waals surface area contributed by atoms with Crippen molar-refractivity contribution in [2.24, 2.45) is 4.99 Å². The Hall–Kier alpha value is -2.53. The zero-order valence-corrected chi connectivity index (χ0v) is 13.2. The Bertz CT molecular complexity index is 917. The molecule has 114 valence electrons. The molecule has 0 radical (unpaired) electrons. The average molecular weight is 324 g/mol. The number of fused-ring (bicyclic) bond motifs is 3. The van der Waals surface area contributed by atoms with Crippen molar-refractivity contribution < 1.29 is 9.13 Å². The summed E-state index contributed by atoms with van der Waals surface area (Å²) in [5.74, 6) is 0.578. The lowest BCUT2D eigenvalue weighted by Crippen LogP contribution is -1.87. The number of benzene rings is 2. The second-order valence-corrected chi connectivity index (χ2v) is 6.31. The fourth-order valence-electron chi connectivity index (χ4n) is 2.68. The van der Waals surface area contributed by atoms with Crippen LogP contribution in [-0.2, 0) is 6.42 Å². The van der Waals surface area contributed by atoms with Crippen LogP contribution in [0, 0.1) is 5.82 Å². The molecule has 0 saturated carbocycles. The Morgan fingerprint density at radius 2 is 2.13 bits per heavy atom. The van der Waals surface area contributed by atoms with Crippen molar-refractivity contribution in [2.75, 3.05) is 7.11 Å². The van der Waals surface area contributed by atoms with Crippen molar-refractivity contribution >= 4 is 22.7 Å². The number of rotatable bonds is 3. The standard InChI is InChI=1S/C18H13FN2OS/c1-22-13-6-7-14-12(8-13)9-16-17(14)21-18(23-16)20-10-11-4-2-3-5-15(11)19/h2-8,10H,9H2,1H3. The average Bonchev–Trinajstić information content (AvgIpc) is 3.10. The number of hydrogen-bond donors (Lipinski definition) is 0. The predicted octanol–water partition coefficient (Wildman–Crippen LogP) is 4.61. The lowest BCUT2D eigenvalue weighted by molar-refractivity contribution is 0.414. The van der Waals surface area contributed by atoms with Gasteiger partial charge in [-0.05, 0) is 29.8 Å². The van der Waals surface area contributed by atoms with Crippen LogP contribution >= 0.6 is 11.3 Å². The molecule has 0 N–H and O–H groups in total. The van der Waals surface area contributed by atoms with Crippen molar-refractivity contribution in [3.8, 4) is 17.0 Å². The summed E-state index contributed by atoms with van der Waals surface area (Å²) in [6.07, 6.45) is 2.37. The molecule has 0 unspecified atom stereocenters. The summed E-state index contributed by atoms with van der Waals surface area (Å²) >= 11 is 1.54. The highest BCUT2D eigenvalue weighted by Crippen LogP contribution is 2.42. The van der Waals surface area contributed by atoms with E-state index in [2.05, 4.69) is 9.98 Å². The number of nitrogens with zero attached hydrogens (tertiary/aromatic N) is 2. The van der Waals surface area contributed by atoms with E-state index in [4.69, 9.17) is 4.74 Å². The molecule has 2 aromatic carbocycles. The molecule has 0 amide bonds. The zero-order chi connectivity index (χ0) is 15.8. The summed E-state index contributed by atoms with van der Waals surface area (Å²) in [5, 5.41) is 0.653. The maximum Gasteiger partial charge on any atom is 0.209 e. The normalized spacial score (nSPS) is 12.4. The van der Waals surface area contributed by atoms with E-state index >= 15 is 0 Å². The molecule has 1 heterocycles. The first-order valence-electron chi connectivity index (χ1n) is 7.20. The maximum absolute atomic E-state index is 13.6. The van der Waals surface area contributed by atoms with Gasteiger partial charge in [-0.2, -0.15) is 0 Å². The van der Waals surface area contributed by atoms with E-state index in [1.807, 2.05) is 18.2 Å². The topological polar surface area (TPSA) is 34.5 Å². The van der Waals surface area contributed by atoms with Crippen molar-refractivity contribution in [3.05, 3.63) is 64.3 Å². The van der Waals surface area contributed by atoms with Crippen LogP contribution in [0.25, 0.3) is 11.3 Å². The highest BCUT2D eigenvalue weighted by Gasteiger charge is 2.23. The quantitative estimate of drug-likeness (QED) is 0.516. The van der Waals surface area contributed by atoms with Crippen molar-refractivity contribution in [3.63, 3.8) is 0 Å². The van der Waals surface area contributed by atoms with E-state index in [1.165, 1.54) is 22.7 Å². The molecule has 23 heavy (non-hydrogen) atoms. The number of hydrogen-bond acceptors (Lipinski definition) is 4. The Morgan fingerprint density at radius 1 is 1.26 bits per heavy atom. The van der Waals surface area contributed by atoms with E-state index < -0.39 is 0 Å². The van der Waals surface area contributed by atoms with E-state index in [-0.39, 0.29) is 5.82 Å². The van der Waals surface area contributed by atoms with E-state index in [0.29, 0.717) is 10.7 Å². The van der Waals surface area contributed by atoms with Crippen LogP contribution in [0.4, 0.5) is 9.52 Å². The number of ether oxygens (including phenoxy) is 1. The second kappa shape index (κ2) is 5.59. The number of methoxy groups -OCH3 is 1. The van der Waals surface area contributed by atoms with Crippen LogP contribution in [0.5, 0.6) is 5.75 Å². The molecule has 0 fully saturated rings. The maximum atomic E-state index is 13.6. The molecule has 0 saturated heterocycles. The van der Waals surface area contributed by atoms with Gasteiger partial charge in [0.2, 0.25) is 5.13 Å². The van der Waals surface area contributed by atoms with E-state index in [1.54, 1.807) is 36.6 Å². The van der Waals surface area contributed by atoms with Gasteiger partial charge in [-0.25, -0.2) is 14.4 Å². The molecule has 3 aromatic rings. The summed E-state index contributed by atoms with van der Waals surface area (Å²) in [6.45, 7) is 0. The summed E-state index contributed by atoms with van der Waals surface area (Å²) in [6, 6.07) is 12.6. The van der Waals surface area contributed by atoms with Crippen LogP contribution in [0.2, 0.25) is 0 Å². The smallest absolute Gasteiger partial charge is 0.209 e. The monoisotopic (exact) mass is 324 g/mol. The minimum Gasteiger partial charge on any atom is -0.497 e. The molecule has 0 aliphatic heterocycles. The first kappa shape index (κ1) is 14.1. The number of thiazole rings is 1. The van der Waals surface area contributed by atoms with Gasteiger partial charge in [0.05, 0.1) is 12.8 Å². The zero-order valence-electron chi connectivity index (χ0n) is 12.4. The molecule has 3 nitrogen and oxygen atoms in total. The lowest BCUT2D eigenvalue weighted by atomic mass is 10.1. The summed E-state index contributed by atoms with van der Waals surface area (Å²) in [7, 11) is 1.67. The van der Waals surface area contributed by atoms with Crippen molar-refractivity contribution in [1.29, 1.82) is 0 Å². The highest BCUT2D eigenvalue weighted by atomic mass is 32.1. The SMILES string of the molecule is COc1ccc2c(c1)Cc1sc(N=Cc3ccccc3F)nc1-2. The van der Waals surface area contributed by atoms with Crippen LogP contribution in [0.15, 0.2) is 47.5 Å². The summed E-state index contributed by atoms with van der Waals surface area (Å²) < 4.78 is 18.9. The Morgan fingerprint density at radius 3 is 2.96 bits per heavy atom. The lowest BCUT2D eigenvalue weighted by Gasteiger charge is -2.03. The van der Waals surface area contributed by atoms with Gasteiger partial charge in [0, 0.05) is 28.6 Å². The third-order valence-corrected chi connectivity index (χ3v) is 4.79. The van der Waals surface area contributed by atoms with Gasteiger partial charge in [-0.15, -0.1) is 0 Å². The Labute approximate surface area is 137 Å². The summed E-state index contributed by atoms with van der Waals surface area (Å²) in [4.78, 5) is 10.1. The molecule has 0 spiro atoms. The Balaban J connectivity index is 1.64. The van der Waals surface area contributed by atoms with Gasteiger partial charge in [-0.3, -0.25) is 0 Å². The number of halogens is 1. The van der Waals surface area contributed by atoms with Gasteiger partial charge in [-0.1, -0.05) is 29.5 Å².